The Bertz CT molecular complexity index is 768. The second-order valence-corrected chi connectivity index (χ2v) is 7.88. The number of amides is 3. The third kappa shape index (κ3) is 8.61. The van der Waals surface area contributed by atoms with Crippen LogP contribution in [0.5, 0.6) is 0 Å². The van der Waals surface area contributed by atoms with Crippen molar-refractivity contribution in [2.24, 2.45) is 11.7 Å². The highest BCUT2D eigenvalue weighted by atomic mass is 16.4. The number of hydrogen-bond donors (Lipinski definition) is 8. The number of aromatic amines is 1. The molecule has 0 spiro atoms. The average Bonchev–Trinajstić information content (AvgIpc) is 3.22. The Kier molecular flexibility index (Phi) is 10.7. The van der Waals surface area contributed by atoms with Gasteiger partial charge in [-0.3, -0.25) is 14.4 Å². The largest absolute Gasteiger partial charge is 0.480 e. The number of aromatic nitrogens is 2. The van der Waals surface area contributed by atoms with Gasteiger partial charge < -0.3 is 42.0 Å². The van der Waals surface area contributed by atoms with Gasteiger partial charge in [0.25, 0.3) is 0 Å². The lowest BCUT2D eigenvalue weighted by molar-refractivity contribution is -0.142. The molecule has 3 amide bonds. The van der Waals surface area contributed by atoms with Crippen LogP contribution in [0.2, 0.25) is 0 Å². The van der Waals surface area contributed by atoms with E-state index in [9.17, 15) is 34.5 Å². The smallest absolute Gasteiger partial charge is 0.326 e. The van der Waals surface area contributed by atoms with E-state index in [1.807, 2.05) is 13.8 Å². The van der Waals surface area contributed by atoms with Gasteiger partial charge in [0.1, 0.15) is 24.2 Å². The lowest BCUT2D eigenvalue weighted by atomic mass is 10.0. The predicted octanol–water partition coefficient (Wildman–Crippen LogP) is -2.76. The first kappa shape index (κ1) is 27.0. The van der Waals surface area contributed by atoms with E-state index in [2.05, 4.69) is 25.9 Å². The van der Waals surface area contributed by atoms with Crippen LogP contribution in [0.3, 0.4) is 0 Å². The Balaban J connectivity index is 2.85. The van der Waals surface area contributed by atoms with E-state index in [0.717, 1.165) is 0 Å². The summed E-state index contributed by atoms with van der Waals surface area (Å²) in [4.78, 5) is 55.4. The Morgan fingerprint density at radius 1 is 1.03 bits per heavy atom. The van der Waals surface area contributed by atoms with Crippen molar-refractivity contribution >= 4 is 23.7 Å². The van der Waals surface area contributed by atoms with Gasteiger partial charge in [-0.1, -0.05) is 13.8 Å². The molecule has 0 aliphatic carbocycles. The lowest BCUT2D eigenvalue weighted by Crippen LogP contribution is -2.59. The van der Waals surface area contributed by atoms with Crippen molar-refractivity contribution in [1.29, 1.82) is 0 Å². The van der Waals surface area contributed by atoms with E-state index in [4.69, 9.17) is 5.73 Å². The number of aliphatic hydroxyl groups is 2. The van der Waals surface area contributed by atoms with Crippen LogP contribution in [-0.4, -0.2) is 85.9 Å². The van der Waals surface area contributed by atoms with Crippen LogP contribution in [0.1, 0.15) is 32.9 Å². The molecule has 0 aliphatic heterocycles. The normalized spacial score (nSPS) is 15.8. The van der Waals surface area contributed by atoms with Crippen molar-refractivity contribution in [3.05, 3.63) is 18.2 Å². The highest BCUT2D eigenvalue weighted by Gasteiger charge is 2.31. The molecule has 1 aromatic rings. The number of aliphatic hydroxyl groups excluding tert-OH is 2. The van der Waals surface area contributed by atoms with Gasteiger partial charge in [0.2, 0.25) is 17.7 Å². The molecule has 1 aromatic heterocycles. The van der Waals surface area contributed by atoms with Gasteiger partial charge in [0.05, 0.1) is 19.0 Å². The van der Waals surface area contributed by atoms with Crippen molar-refractivity contribution < 1.29 is 34.5 Å². The molecule has 1 heterocycles. The molecule has 1 rings (SSSR count). The van der Waals surface area contributed by atoms with Gasteiger partial charge in [-0.2, -0.15) is 0 Å². The minimum atomic E-state index is -1.46. The summed E-state index contributed by atoms with van der Waals surface area (Å²) < 4.78 is 0. The predicted molar refractivity (Wildman–Crippen MR) is 112 cm³/mol. The lowest BCUT2D eigenvalue weighted by Gasteiger charge is -2.25. The SMILES string of the molecule is CC(C)CC(NC(=O)C(N)C(C)O)C(=O)NC(CO)C(=O)NC(Cc1cnc[nH]1)C(=O)O. The molecule has 32 heavy (non-hydrogen) atoms. The maximum Gasteiger partial charge on any atom is 0.326 e. The van der Waals surface area contributed by atoms with Crippen LogP contribution in [0.4, 0.5) is 0 Å². The topological polar surface area (TPSA) is 220 Å². The Morgan fingerprint density at radius 3 is 2.06 bits per heavy atom. The van der Waals surface area contributed by atoms with E-state index in [0.29, 0.717) is 5.69 Å². The minimum Gasteiger partial charge on any atom is -0.480 e. The molecule has 0 aromatic carbocycles. The first-order valence-corrected chi connectivity index (χ1v) is 10.1. The number of nitrogens with two attached hydrogens (primary N) is 1. The second-order valence-electron chi connectivity index (χ2n) is 7.88. The van der Waals surface area contributed by atoms with Gasteiger partial charge in [-0.25, -0.2) is 9.78 Å². The molecule has 0 radical (unpaired) electrons. The van der Waals surface area contributed by atoms with Gasteiger partial charge in [-0.05, 0) is 19.3 Å². The van der Waals surface area contributed by atoms with Crippen LogP contribution < -0.4 is 21.7 Å². The fraction of sp³-hybridized carbons (Fsp3) is 0.632. The zero-order valence-electron chi connectivity index (χ0n) is 18.2. The number of carboxylic acid groups (broad SMARTS) is 1. The fourth-order valence-electron chi connectivity index (χ4n) is 2.74. The molecule has 5 unspecified atom stereocenters. The van der Waals surface area contributed by atoms with Gasteiger partial charge in [0, 0.05) is 18.3 Å². The van der Waals surface area contributed by atoms with Gasteiger partial charge in [0.15, 0.2) is 0 Å². The van der Waals surface area contributed by atoms with E-state index >= 15 is 0 Å². The number of aliphatic carboxylic acids is 1. The van der Waals surface area contributed by atoms with Crippen molar-refractivity contribution in [1.82, 2.24) is 25.9 Å². The van der Waals surface area contributed by atoms with Crippen molar-refractivity contribution in [3.63, 3.8) is 0 Å². The number of carbonyl (C=O) groups is 4. The number of nitrogens with one attached hydrogen (secondary N) is 4. The van der Waals surface area contributed by atoms with Crippen LogP contribution in [0.15, 0.2) is 12.5 Å². The number of carbonyl (C=O) groups excluding carboxylic acids is 3. The maximum absolute atomic E-state index is 12.7. The maximum atomic E-state index is 12.7. The molecule has 0 aliphatic rings. The number of imidazole rings is 1. The molecule has 5 atom stereocenters. The first-order valence-electron chi connectivity index (χ1n) is 10.1. The van der Waals surface area contributed by atoms with Gasteiger partial charge >= 0.3 is 5.97 Å². The van der Waals surface area contributed by atoms with Crippen molar-refractivity contribution in [2.45, 2.75) is 63.9 Å². The third-order valence-corrected chi connectivity index (χ3v) is 4.57. The molecule has 13 nitrogen and oxygen atoms in total. The molecule has 0 saturated carbocycles. The second kappa shape index (κ2) is 12.7. The van der Waals surface area contributed by atoms with E-state index in [-0.39, 0.29) is 18.8 Å². The highest BCUT2D eigenvalue weighted by molar-refractivity contribution is 5.94. The molecule has 0 bridgehead atoms. The Hall–Kier alpha value is -3.03. The minimum absolute atomic E-state index is 0.0268. The van der Waals surface area contributed by atoms with Crippen molar-refractivity contribution in [2.75, 3.05) is 6.61 Å². The highest BCUT2D eigenvalue weighted by Crippen LogP contribution is 2.07. The molecule has 0 saturated heterocycles. The number of H-pyrrole nitrogens is 1. The summed E-state index contributed by atoms with van der Waals surface area (Å²) in [5.74, 6) is -3.77. The third-order valence-electron chi connectivity index (χ3n) is 4.57. The summed E-state index contributed by atoms with van der Waals surface area (Å²) in [5.41, 5.74) is 6.06. The molecule has 9 N–H and O–H groups in total. The molecular formula is C19H32N6O7. The molecule has 13 heteroatoms. The summed E-state index contributed by atoms with van der Waals surface area (Å²) in [5, 5.41) is 35.4. The van der Waals surface area contributed by atoms with Crippen LogP contribution in [0.25, 0.3) is 0 Å². The fourth-order valence-corrected chi connectivity index (χ4v) is 2.74. The standard InChI is InChI=1S/C19H32N6O7/c1-9(2)4-12(23-18(30)15(20)10(3)27)16(28)25-14(7-26)17(29)24-13(19(31)32)5-11-6-21-8-22-11/h6,8-10,12-15,26-27H,4-5,7,20H2,1-3H3,(H,21,22)(H,23,30)(H,24,29)(H,25,28)(H,31,32). The monoisotopic (exact) mass is 456 g/mol. The van der Waals surface area contributed by atoms with Crippen LogP contribution >= 0.6 is 0 Å². The zero-order valence-corrected chi connectivity index (χ0v) is 18.2. The number of hydrogen-bond acceptors (Lipinski definition) is 8. The summed E-state index contributed by atoms with van der Waals surface area (Å²) in [7, 11) is 0. The molecular weight excluding hydrogens is 424 g/mol. The van der Waals surface area contributed by atoms with E-state index < -0.39 is 60.6 Å². The van der Waals surface area contributed by atoms with E-state index in [1.165, 1.54) is 19.4 Å². The number of carboxylic acids is 1. The Labute approximate surface area is 185 Å². The summed E-state index contributed by atoms with van der Waals surface area (Å²) in [6, 6.07) is -5.13. The van der Waals surface area contributed by atoms with Crippen LogP contribution in [-0.2, 0) is 25.6 Å². The summed E-state index contributed by atoms with van der Waals surface area (Å²) >= 11 is 0. The zero-order chi connectivity index (χ0) is 24.4. The van der Waals surface area contributed by atoms with Crippen LogP contribution in [0, 0.1) is 5.92 Å². The average molecular weight is 457 g/mol. The summed E-state index contributed by atoms with van der Waals surface area (Å²) in [6.07, 6.45) is 1.73. The molecule has 180 valence electrons. The number of nitrogens with zero attached hydrogens (tertiary/aromatic N) is 1. The van der Waals surface area contributed by atoms with E-state index in [1.54, 1.807) is 0 Å². The number of rotatable bonds is 13. The quantitative estimate of drug-likeness (QED) is 0.154. The summed E-state index contributed by atoms with van der Waals surface area (Å²) in [6.45, 7) is 4.15. The van der Waals surface area contributed by atoms with Gasteiger partial charge in [-0.15, -0.1) is 0 Å². The van der Waals surface area contributed by atoms with Crippen molar-refractivity contribution in [3.8, 4) is 0 Å². The molecule has 0 fully saturated rings. The Morgan fingerprint density at radius 2 is 1.59 bits per heavy atom. The first-order chi connectivity index (χ1) is 15.0.